The van der Waals surface area contributed by atoms with Crippen LogP contribution in [-0.2, 0) is 4.79 Å². The summed E-state index contributed by atoms with van der Waals surface area (Å²) in [6.45, 7) is 4.37. The maximum absolute atomic E-state index is 12.0. The van der Waals surface area contributed by atoms with Crippen molar-refractivity contribution in [3.8, 4) is 11.3 Å². The second-order valence-electron chi connectivity index (χ2n) is 5.78. The number of hydrogen-bond donors (Lipinski definition) is 1. The molecule has 1 amide bonds. The molecule has 1 aromatic heterocycles. The van der Waals surface area contributed by atoms with Crippen molar-refractivity contribution in [2.24, 2.45) is 5.92 Å². The number of piperidine rings is 1. The molecule has 1 aromatic carbocycles. The van der Waals surface area contributed by atoms with Crippen LogP contribution in [0.5, 0.6) is 0 Å². The summed E-state index contributed by atoms with van der Waals surface area (Å²) < 4.78 is 0. The number of carbonyl (C=O) groups excluding carboxylic acids is 1. The number of benzene rings is 1. The van der Waals surface area contributed by atoms with E-state index in [2.05, 4.69) is 32.3 Å². The zero-order chi connectivity index (χ0) is 16.1. The molecule has 1 saturated heterocycles. The topological polar surface area (TPSA) is 58.1 Å². The third-order valence-corrected chi connectivity index (χ3v) is 4.30. The first-order chi connectivity index (χ1) is 11.3. The number of anilines is 1. The molecule has 0 bridgehead atoms. The molecular weight excluding hydrogens is 288 g/mol. The first-order valence-corrected chi connectivity index (χ1v) is 8.17. The van der Waals surface area contributed by atoms with Gasteiger partial charge in [0.15, 0.2) is 0 Å². The number of rotatable bonds is 4. The summed E-state index contributed by atoms with van der Waals surface area (Å²) in [6.07, 6.45) is 5.21. The van der Waals surface area contributed by atoms with Crippen molar-refractivity contribution >= 4 is 11.6 Å². The largest absolute Gasteiger partial charge is 0.368 e. The van der Waals surface area contributed by atoms with Crippen LogP contribution in [0.15, 0.2) is 42.9 Å². The fourth-order valence-corrected chi connectivity index (χ4v) is 3.07. The second-order valence-corrected chi connectivity index (χ2v) is 5.78. The first-order valence-electron chi connectivity index (χ1n) is 8.17. The Hall–Kier alpha value is -2.43. The van der Waals surface area contributed by atoms with E-state index in [4.69, 9.17) is 0 Å². The number of aromatic nitrogens is 2. The Balaban J connectivity index is 1.76. The van der Waals surface area contributed by atoms with E-state index in [1.165, 1.54) is 0 Å². The summed E-state index contributed by atoms with van der Waals surface area (Å²) >= 11 is 0. The Morgan fingerprint density at radius 1 is 1.26 bits per heavy atom. The number of amides is 1. The highest BCUT2D eigenvalue weighted by molar-refractivity contribution is 5.79. The van der Waals surface area contributed by atoms with Crippen LogP contribution in [0.4, 0.5) is 5.69 Å². The normalized spacial score (nSPS) is 15.4. The highest BCUT2D eigenvalue weighted by Gasteiger charge is 2.26. The SMILES string of the molecule is CCNC(=O)C1CCN(c2cncnc2-c2ccccc2)CC1. The molecule has 0 spiro atoms. The van der Waals surface area contributed by atoms with Gasteiger partial charge in [-0.05, 0) is 19.8 Å². The zero-order valence-corrected chi connectivity index (χ0v) is 13.4. The van der Waals surface area contributed by atoms with E-state index in [1.54, 1.807) is 6.33 Å². The third kappa shape index (κ3) is 3.50. The van der Waals surface area contributed by atoms with Crippen LogP contribution >= 0.6 is 0 Å². The number of nitrogens with zero attached hydrogens (tertiary/aromatic N) is 3. The molecule has 1 aliphatic heterocycles. The maximum Gasteiger partial charge on any atom is 0.223 e. The molecule has 5 heteroatoms. The lowest BCUT2D eigenvalue weighted by Crippen LogP contribution is -2.40. The maximum atomic E-state index is 12.0. The van der Waals surface area contributed by atoms with Gasteiger partial charge < -0.3 is 10.2 Å². The van der Waals surface area contributed by atoms with Gasteiger partial charge in [-0.3, -0.25) is 4.79 Å². The van der Waals surface area contributed by atoms with Crippen LogP contribution in [-0.4, -0.2) is 35.5 Å². The van der Waals surface area contributed by atoms with Gasteiger partial charge >= 0.3 is 0 Å². The quantitative estimate of drug-likeness (QED) is 0.942. The van der Waals surface area contributed by atoms with Gasteiger partial charge in [-0.2, -0.15) is 0 Å². The fraction of sp³-hybridized carbons (Fsp3) is 0.389. The van der Waals surface area contributed by atoms with E-state index in [1.807, 2.05) is 31.3 Å². The monoisotopic (exact) mass is 310 g/mol. The highest BCUT2D eigenvalue weighted by Crippen LogP contribution is 2.30. The first kappa shape index (κ1) is 15.5. The van der Waals surface area contributed by atoms with Crippen molar-refractivity contribution in [3.63, 3.8) is 0 Å². The van der Waals surface area contributed by atoms with Crippen LogP contribution in [0.25, 0.3) is 11.3 Å². The predicted molar refractivity (Wildman–Crippen MR) is 91.1 cm³/mol. The average Bonchev–Trinajstić information content (AvgIpc) is 2.63. The third-order valence-electron chi connectivity index (χ3n) is 4.30. The van der Waals surface area contributed by atoms with E-state index in [0.29, 0.717) is 6.54 Å². The van der Waals surface area contributed by atoms with Gasteiger partial charge in [-0.1, -0.05) is 30.3 Å². The minimum Gasteiger partial charge on any atom is -0.368 e. The molecule has 1 aliphatic rings. The number of nitrogens with one attached hydrogen (secondary N) is 1. The van der Waals surface area contributed by atoms with E-state index in [9.17, 15) is 4.79 Å². The number of hydrogen-bond acceptors (Lipinski definition) is 4. The molecule has 1 fully saturated rings. The standard InChI is InChI=1S/C18H22N4O/c1-2-20-18(23)15-8-10-22(11-9-15)16-12-19-13-21-17(16)14-6-4-3-5-7-14/h3-7,12-13,15H,2,8-11H2,1H3,(H,20,23). The van der Waals surface area contributed by atoms with Gasteiger partial charge in [0.25, 0.3) is 0 Å². The minimum absolute atomic E-state index is 0.121. The molecular formula is C18H22N4O. The van der Waals surface area contributed by atoms with Crippen LogP contribution in [0.3, 0.4) is 0 Å². The minimum atomic E-state index is 0.121. The lowest BCUT2D eigenvalue weighted by Gasteiger charge is -2.33. The summed E-state index contributed by atoms with van der Waals surface area (Å²) in [7, 11) is 0. The van der Waals surface area contributed by atoms with Gasteiger partial charge in [0.2, 0.25) is 5.91 Å². The van der Waals surface area contributed by atoms with Crippen molar-refractivity contribution < 1.29 is 4.79 Å². The molecule has 0 aliphatic carbocycles. The van der Waals surface area contributed by atoms with Crippen LogP contribution in [0.1, 0.15) is 19.8 Å². The average molecular weight is 310 g/mol. The molecule has 0 saturated carbocycles. The molecule has 23 heavy (non-hydrogen) atoms. The van der Waals surface area contributed by atoms with Crippen molar-refractivity contribution in [1.82, 2.24) is 15.3 Å². The van der Waals surface area contributed by atoms with Gasteiger partial charge in [0.05, 0.1) is 17.6 Å². The van der Waals surface area contributed by atoms with Gasteiger partial charge in [0, 0.05) is 31.1 Å². The van der Waals surface area contributed by atoms with Crippen molar-refractivity contribution in [3.05, 3.63) is 42.9 Å². The summed E-state index contributed by atoms with van der Waals surface area (Å²) in [5.74, 6) is 0.302. The predicted octanol–water partition coefficient (Wildman–Crippen LogP) is 2.50. The molecule has 0 atom stereocenters. The molecule has 0 unspecified atom stereocenters. The van der Waals surface area contributed by atoms with Gasteiger partial charge in [-0.15, -0.1) is 0 Å². The van der Waals surface area contributed by atoms with Gasteiger partial charge in [0.1, 0.15) is 6.33 Å². The van der Waals surface area contributed by atoms with E-state index in [-0.39, 0.29) is 11.8 Å². The molecule has 120 valence electrons. The Bertz CT molecular complexity index is 651. The van der Waals surface area contributed by atoms with Gasteiger partial charge in [-0.25, -0.2) is 9.97 Å². The van der Waals surface area contributed by atoms with Crippen molar-refractivity contribution in [2.75, 3.05) is 24.5 Å². The Morgan fingerprint density at radius 3 is 2.70 bits per heavy atom. The van der Waals surface area contributed by atoms with E-state index < -0.39 is 0 Å². The Labute approximate surface area is 136 Å². The molecule has 0 radical (unpaired) electrons. The lowest BCUT2D eigenvalue weighted by atomic mass is 9.95. The Morgan fingerprint density at radius 2 is 2.00 bits per heavy atom. The lowest BCUT2D eigenvalue weighted by molar-refractivity contribution is -0.125. The highest BCUT2D eigenvalue weighted by atomic mass is 16.1. The smallest absolute Gasteiger partial charge is 0.223 e. The zero-order valence-electron chi connectivity index (χ0n) is 13.4. The summed E-state index contributed by atoms with van der Waals surface area (Å²) in [5.41, 5.74) is 3.10. The van der Waals surface area contributed by atoms with E-state index in [0.717, 1.165) is 42.9 Å². The van der Waals surface area contributed by atoms with Crippen molar-refractivity contribution in [1.29, 1.82) is 0 Å². The van der Waals surface area contributed by atoms with Crippen LogP contribution in [0, 0.1) is 5.92 Å². The number of carbonyl (C=O) groups is 1. The Kier molecular flexibility index (Phi) is 4.86. The molecule has 2 heterocycles. The molecule has 2 aromatic rings. The second kappa shape index (κ2) is 7.22. The summed E-state index contributed by atoms with van der Waals surface area (Å²) in [4.78, 5) is 22.9. The molecule has 1 N–H and O–H groups in total. The molecule has 3 rings (SSSR count). The molecule has 5 nitrogen and oxygen atoms in total. The van der Waals surface area contributed by atoms with Crippen LogP contribution < -0.4 is 10.2 Å². The fourth-order valence-electron chi connectivity index (χ4n) is 3.07. The van der Waals surface area contributed by atoms with E-state index >= 15 is 0 Å². The van der Waals surface area contributed by atoms with Crippen molar-refractivity contribution in [2.45, 2.75) is 19.8 Å². The summed E-state index contributed by atoms with van der Waals surface area (Å²) in [6, 6.07) is 10.2. The summed E-state index contributed by atoms with van der Waals surface area (Å²) in [5, 5.41) is 2.92. The van der Waals surface area contributed by atoms with Crippen LogP contribution in [0.2, 0.25) is 0 Å².